The fraction of sp³-hybridized carbons (Fsp3) is 0.400. The van der Waals surface area contributed by atoms with Crippen LogP contribution in [0.3, 0.4) is 0 Å². The van der Waals surface area contributed by atoms with E-state index in [-0.39, 0.29) is 0 Å². The summed E-state index contributed by atoms with van der Waals surface area (Å²) in [6.45, 7) is 5.11. The van der Waals surface area contributed by atoms with Crippen LogP contribution < -0.4 is 9.80 Å². The molecule has 1 aromatic carbocycles. The van der Waals surface area contributed by atoms with Crippen LogP contribution in [0.2, 0.25) is 0 Å². The molecule has 2 aromatic rings. The average Bonchev–Trinajstić information content (AvgIpc) is 2.79. The second-order valence-corrected chi connectivity index (χ2v) is 8.83. The highest BCUT2D eigenvalue weighted by Crippen LogP contribution is 2.22. The molecule has 0 aliphatic carbocycles. The van der Waals surface area contributed by atoms with Crippen molar-refractivity contribution >= 4 is 27.6 Å². The summed E-state index contributed by atoms with van der Waals surface area (Å²) in [5, 5.41) is 9.69. The minimum atomic E-state index is -3.44. The Hall–Kier alpha value is -2.49. The standard InChI is InChI=1S/C20H25N5O3S/c26-29(27,15-6-18-4-2-1-3-5-18)25-9-7-23(8-10-25)19-16-20(22-21-17-19)24-11-13-28-14-12-24/h1-6,15-17H,7-14H2/b15-6+. The largest absolute Gasteiger partial charge is 0.378 e. The number of morpholine rings is 1. The van der Waals surface area contributed by atoms with Crippen molar-refractivity contribution in [3.63, 3.8) is 0 Å². The molecular formula is C20H25N5O3S. The van der Waals surface area contributed by atoms with Crippen molar-refractivity contribution in [1.82, 2.24) is 14.5 Å². The second kappa shape index (κ2) is 8.89. The highest BCUT2D eigenvalue weighted by Gasteiger charge is 2.26. The van der Waals surface area contributed by atoms with Crippen LogP contribution in [0.4, 0.5) is 11.5 Å². The number of nitrogens with zero attached hydrogens (tertiary/aromatic N) is 5. The number of hydrogen-bond acceptors (Lipinski definition) is 7. The SMILES string of the molecule is O=S(=O)(/C=C/c1ccccc1)N1CCN(c2cnnc(N3CCOCC3)c2)CC1. The van der Waals surface area contributed by atoms with Crippen molar-refractivity contribution in [3.8, 4) is 0 Å². The Balaban J connectivity index is 1.38. The molecule has 0 spiro atoms. The molecule has 154 valence electrons. The molecule has 9 heteroatoms. The maximum absolute atomic E-state index is 12.6. The monoisotopic (exact) mass is 415 g/mol. The van der Waals surface area contributed by atoms with E-state index in [1.807, 2.05) is 36.4 Å². The van der Waals surface area contributed by atoms with E-state index in [2.05, 4.69) is 20.0 Å². The van der Waals surface area contributed by atoms with E-state index >= 15 is 0 Å². The molecule has 0 radical (unpaired) electrons. The zero-order chi connectivity index (χ0) is 20.1. The molecule has 0 atom stereocenters. The van der Waals surface area contributed by atoms with Crippen molar-refractivity contribution in [3.05, 3.63) is 53.6 Å². The number of piperazine rings is 1. The molecule has 29 heavy (non-hydrogen) atoms. The Morgan fingerprint density at radius 2 is 1.66 bits per heavy atom. The van der Waals surface area contributed by atoms with Gasteiger partial charge in [0.2, 0.25) is 10.0 Å². The first kappa shape index (κ1) is 19.8. The topological polar surface area (TPSA) is 78.9 Å². The number of ether oxygens (including phenoxy) is 1. The van der Waals surface area contributed by atoms with Crippen molar-refractivity contribution in [2.45, 2.75) is 0 Å². The molecule has 2 aliphatic heterocycles. The molecule has 0 amide bonds. The van der Waals surface area contributed by atoms with Crippen LogP contribution >= 0.6 is 0 Å². The summed E-state index contributed by atoms with van der Waals surface area (Å²) in [7, 11) is -3.44. The van der Waals surface area contributed by atoms with Crippen LogP contribution in [0.15, 0.2) is 48.0 Å². The third-order valence-corrected chi connectivity index (χ3v) is 6.72. The lowest BCUT2D eigenvalue weighted by Gasteiger charge is -2.35. The normalized spacial score (nSPS) is 19.0. The maximum Gasteiger partial charge on any atom is 0.236 e. The number of aromatic nitrogens is 2. The van der Waals surface area contributed by atoms with Crippen molar-refractivity contribution in [2.24, 2.45) is 0 Å². The van der Waals surface area contributed by atoms with Crippen LogP contribution in [-0.2, 0) is 14.8 Å². The van der Waals surface area contributed by atoms with Gasteiger partial charge in [-0.05, 0) is 11.6 Å². The first-order chi connectivity index (χ1) is 14.1. The molecular weight excluding hydrogens is 390 g/mol. The summed E-state index contributed by atoms with van der Waals surface area (Å²) in [5.41, 5.74) is 1.84. The van der Waals surface area contributed by atoms with Gasteiger partial charge >= 0.3 is 0 Å². The molecule has 0 saturated carbocycles. The smallest absolute Gasteiger partial charge is 0.236 e. The van der Waals surface area contributed by atoms with Gasteiger partial charge in [-0.15, -0.1) is 5.10 Å². The molecule has 8 nitrogen and oxygen atoms in total. The molecule has 0 unspecified atom stereocenters. The van der Waals surface area contributed by atoms with E-state index in [1.165, 1.54) is 9.71 Å². The van der Waals surface area contributed by atoms with Crippen molar-refractivity contribution < 1.29 is 13.2 Å². The van der Waals surface area contributed by atoms with E-state index in [4.69, 9.17) is 4.74 Å². The van der Waals surface area contributed by atoms with Gasteiger partial charge in [0, 0.05) is 50.7 Å². The summed E-state index contributed by atoms with van der Waals surface area (Å²) < 4.78 is 32.2. The average molecular weight is 416 g/mol. The van der Waals surface area contributed by atoms with Crippen LogP contribution in [0.1, 0.15) is 5.56 Å². The van der Waals surface area contributed by atoms with E-state index in [9.17, 15) is 8.42 Å². The molecule has 2 fully saturated rings. The number of anilines is 2. The summed E-state index contributed by atoms with van der Waals surface area (Å²) in [5.74, 6) is 0.839. The number of rotatable bonds is 5. The van der Waals surface area contributed by atoms with Crippen LogP contribution in [0.5, 0.6) is 0 Å². The Kier molecular flexibility index (Phi) is 6.08. The van der Waals surface area contributed by atoms with Crippen LogP contribution in [0.25, 0.3) is 6.08 Å². The number of benzene rings is 1. The molecule has 2 aliphatic rings. The Bertz CT molecular complexity index is 938. The highest BCUT2D eigenvalue weighted by atomic mass is 32.2. The van der Waals surface area contributed by atoms with E-state index in [0.717, 1.165) is 30.2 Å². The highest BCUT2D eigenvalue weighted by molar-refractivity contribution is 7.92. The van der Waals surface area contributed by atoms with Gasteiger partial charge in [-0.25, -0.2) is 8.42 Å². The third-order valence-electron chi connectivity index (χ3n) is 5.16. The van der Waals surface area contributed by atoms with Crippen molar-refractivity contribution in [2.75, 3.05) is 62.3 Å². The van der Waals surface area contributed by atoms with E-state index in [1.54, 1.807) is 12.3 Å². The molecule has 3 heterocycles. The van der Waals surface area contributed by atoms with Gasteiger partial charge in [0.25, 0.3) is 0 Å². The molecule has 4 rings (SSSR count). The number of hydrogen-bond donors (Lipinski definition) is 0. The van der Waals surface area contributed by atoms with Gasteiger partial charge in [-0.1, -0.05) is 30.3 Å². The Labute approximate surface area is 171 Å². The zero-order valence-electron chi connectivity index (χ0n) is 16.2. The van der Waals surface area contributed by atoms with E-state index < -0.39 is 10.0 Å². The first-order valence-electron chi connectivity index (χ1n) is 9.75. The van der Waals surface area contributed by atoms with Gasteiger partial charge in [-0.3, -0.25) is 0 Å². The second-order valence-electron chi connectivity index (χ2n) is 7.02. The minimum absolute atomic E-state index is 0.441. The van der Waals surface area contributed by atoms with Crippen LogP contribution in [0, 0.1) is 0 Å². The summed E-state index contributed by atoms with van der Waals surface area (Å²) >= 11 is 0. The predicted octanol–water partition coefficient (Wildman–Crippen LogP) is 1.44. The summed E-state index contributed by atoms with van der Waals surface area (Å²) in [6, 6.07) is 11.5. The first-order valence-corrected chi connectivity index (χ1v) is 11.3. The molecule has 2 saturated heterocycles. The molecule has 1 aromatic heterocycles. The van der Waals surface area contributed by atoms with Gasteiger partial charge in [0.05, 0.1) is 25.1 Å². The van der Waals surface area contributed by atoms with Gasteiger partial charge in [0.1, 0.15) is 0 Å². The zero-order valence-corrected chi connectivity index (χ0v) is 17.0. The Morgan fingerprint density at radius 3 is 2.38 bits per heavy atom. The van der Waals surface area contributed by atoms with Crippen LogP contribution in [-0.4, -0.2) is 75.4 Å². The lowest BCUT2D eigenvalue weighted by molar-refractivity contribution is 0.122. The third kappa shape index (κ3) is 4.92. The predicted molar refractivity (Wildman–Crippen MR) is 113 cm³/mol. The minimum Gasteiger partial charge on any atom is -0.378 e. The summed E-state index contributed by atoms with van der Waals surface area (Å²) in [4.78, 5) is 4.32. The van der Waals surface area contributed by atoms with Gasteiger partial charge < -0.3 is 14.5 Å². The Morgan fingerprint density at radius 1 is 0.931 bits per heavy atom. The van der Waals surface area contributed by atoms with E-state index in [0.29, 0.717) is 39.4 Å². The molecule has 0 bridgehead atoms. The fourth-order valence-corrected chi connectivity index (χ4v) is 4.65. The summed E-state index contributed by atoms with van der Waals surface area (Å²) in [6.07, 6.45) is 3.38. The van der Waals surface area contributed by atoms with Gasteiger partial charge in [-0.2, -0.15) is 9.40 Å². The number of sulfonamides is 1. The van der Waals surface area contributed by atoms with Gasteiger partial charge in [0.15, 0.2) is 5.82 Å². The molecule has 0 N–H and O–H groups in total. The maximum atomic E-state index is 12.6. The lowest BCUT2D eigenvalue weighted by atomic mass is 10.2. The fourth-order valence-electron chi connectivity index (χ4n) is 3.48. The van der Waals surface area contributed by atoms with Crippen molar-refractivity contribution in [1.29, 1.82) is 0 Å². The lowest BCUT2D eigenvalue weighted by Crippen LogP contribution is -2.48. The quantitative estimate of drug-likeness (QED) is 0.731.